The lowest BCUT2D eigenvalue weighted by molar-refractivity contribution is 0.0444. The van der Waals surface area contributed by atoms with Gasteiger partial charge in [-0.05, 0) is 112 Å². The summed E-state index contributed by atoms with van der Waals surface area (Å²) in [5.74, 6) is 2.92. The lowest BCUT2D eigenvalue weighted by Crippen LogP contribution is -2.26. The smallest absolute Gasteiger partial charge is 0.394 e. The average molecular weight is 766 g/mol. The molecule has 0 spiro atoms. The normalized spacial score (nSPS) is 19.8. The summed E-state index contributed by atoms with van der Waals surface area (Å²) in [6.07, 6.45) is 2.76. The number of halogens is 4. The van der Waals surface area contributed by atoms with Gasteiger partial charge in [-0.15, -0.1) is 0 Å². The minimum Gasteiger partial charge on any atom is -0.447 e. The highest BCUT2D eigenvalue weighted by Crippen LogP contribution is 2.48. The van der Waals surface area contributed by atoms with Gasteiger partial charge in [0.2, 0.25) is 0 Å². The quantitative estimate of drug-likeness (QED) is 0.151. The first kappa shape index (κ1) is 37.1. The standard InChI is InChI=1S/2C18H17ClFNO2.H2O4S/c2*19-12-4-5-14(15(20)10-12)18-22-16-3-1-2-13(17(16)23-18)11-6-8-21-9-7-11;1-5(2,3)4/h2*1-5,10-11,18,21H,6-9H2;(H2,1,2,3,4)/t2*18-;/m00./s1. The Balaban J connectivity index is 0.000000156. The van der Waals surface area contributed by atoms with Gasteiger partial charge in [0.05, 0.1) is 11.1 Å². The summed E-state index contributed by atoms with van der Waals surface area (Å²) in [5.41, 5.74) is 3.03. The van der Waals surface area contributed by atoms with Gasteiger partial charge in [-0.3, -0.25) is 9.11 Å². The fourth-order valence-electron chi connectivity index (χ4n) is 6.54. The van der Waals surface area contributed by atoms with Crippen LogP contribution in [0.15, 0.2) is 72.8 Å². The predicted octanol–water partition coefficient (Wildman–Crippen LogP) is 8.18. The molecule has 4 aliphatic rings. The van der Waals surface area contributed by atoms with Crippen LogP contribution in [0.25, 0.3) is 0 Å². The molecule has 4 N–H and O–H groups in total. The summed E-state index contributed by atoms with van der Waals surface area (Å²) in [6.45, 7) is 4.02. The molecule has 8 rings (SSSR count). The van der Waals surface area contributed by atoms with E-state index in [0.717, 1.165) is 74.5 Å². The van der Waals surface area contributed by atoms with Gasteiger partial charge < -0.3 is 29.6 Å². The van der Waals surface area contributed by atoms with Crippen LogP contribution >= 0.6 is 23.2 Å². The number of hydrogen-bond donors (Lipinski definition) is 4. The fraction of sp³-hybridized carbons (Fsp3) is 0.333. The molecule has 2 atom stereocenters. The molecule has 4 aromatic rings. The SMILES string of the molecule is Fc1cc(Cl)ccc1[C@H]1Oc2cccc(C3CCNCC3)c2O1.Fc1cc(Cl)ccc1[C@H]1Oc2cccc(C3CCNCC3)c2O1.O=S(=O)(O)O. The Morgan fingerprint density at radius 2 is 0.961 bits per heavy atom. The van der Waals surface area contributed by atoms with Gasteiger partial charge in [0.1, 0.15) is 11.6 Å². The number of ether oxygens (including phenoxy) is 4. The van der Waals surface area contributed by atoms with Gasteiger partial charge in [-0.25, -0.2) is 8.78 Å². The monoisotopic (exact) mass is 764 g/mol. The minimum absolute atomic E-state index is 0.358. The number of hydrogen-bond acceptors (Lipinski definition) is 8. The third kappa shape index (κ3) is 9.41. The van der Waals surface area contributed by atoms with Gasteiger partial charge in [0, 0.05) is 21.2 Å². The van der Waals surface area contributed by atoms with Gasteiger partial charge in [0.25, 0.3) is 12.6 Å². The Morgan fingerprint density at radius 3 is 1.31 bits per heavy atom. The van der Waals surface area contributed by atoms with Crippen LogP contribution in [-0.2, 0) is 10.4 Å². The van der Waals surface area contributed by atoms with Crippen molar-refractivity contribution in [3.05, 3.63) is 117 Å². The number of rotatable bonds is 4. The summed E-state index contributed by atoms with van der Waals surface area (Å²) >= 11 is 11.6. The maximum atomic E-state index is 14.1. The van der Waals surface area contributed by atoms with E-state index in [0.29, 0.717) is 44.5 Å². The highest BCUT2D eigenvalue weighted by atomic mass is 35.5. The van der Waals surface area contributed by atoms with Crippen LogP contribution in [0, 0.1) is 11.6 Å². The van der Waals surface area contributed by atoms with Crippen LogP contribution in [0.4, 0.5) is 8.78 Å². The number of benzene rings is 4. The van der Waals surface area contributed by atoms with Gasteiger partial charge in [-0.2, -0.15) is 8.42 Å². The van der Waals surface area contributed by atoms with E-state index in [4.69, 9.17) is 59.7 Å². The summed E-state index contributed by atoms with van der Waals surface area (Å²) < 4.78 is 83.4. The van der Waals surface area contributed by atoms with Gasteiger partial charge in [-0.1, -0.05) is 47.5 Å². The molecular weight excluding hydrogens is 729 g/mol. The largest absolute Gasteiger partial charge is 0.447 e. The van der Waals surface area contributed by atoms with Gasteiger partial charge in [0.15, 0.2) is 23.0 Å². The first-order chi connectivity index (χ1) is 24.4. The van der Waals surface area contributed by atoms with Crippen LogP contribution < -0.4 is 29.6 Å². The summed E-state index contributed by atoms with van der Waals surface area (Å²) in [5, 5.41) is 7.45. The topological polar surface area (TPSA) is 136 Å². The molecule has 4 aromatic carbocycles. The molecule has 51 heavy (non-hydrogen) atoms. The fourth-order valence-corrected chi connectivity index (χ4v) is 6.86. The van der Waals surface area contributed by atoms with Crippen LogP contribution in [0.1, 0.15) is 72.4 Å². The zero-order valence-corrected chi connectivity index (χ0v) is 29.5. The van der Waals surface area contributed by atoms with E-state index in [-0.39, 0.29) is 0 Å². The van der Waals surface area contributed by atoms with Crippen molar-refractivity contribution in [1.82, 2.24) is 10.6 Å². The van der Waals surface area contributed by atoms with E-state index in [2.05, 4.69) is 22.8 Å². The van der Waals surface area contributed by atoms with E-state index >= 15 is 0 Å². The maximum absolute atomic E-state index is 14.1. The highest BCUT2D eigenvalue weighted by Gasteiger charge is 2.34. The Morgan fingerprint density at radius 1 is 0.588 bits per heavy atom. The lowest BCUT2D eigenvalue weighted by Gasteiger charge is -2.24. The van der Waals surface area contributed by atoms with E-state index in [1.807, 2.05) is 24.3 Å². The molecule has 272 valence electrons. The first-order valence-corrected chi connectivity index (χ1v) is 18.5. The zero-order valence-electron chi connectivity index (χ0n) is 27.2. The first-order valence-electron chi connectivity index (χ1n) is 16.4. The molecule has 0 unspecified atom stereocenters. The van der Waals surface area contributed by atoms with Crippen molar-refractivity contribution in [3.63, 3.8) is 0 Å². The average Bonchev–Trinajstić information content (AvgIpc) is 3.73. The number of nitrogens with one attached hydrogen (secondary N) is 2. The number of piperidine rings is 2. The number of fused-ring (bicyclic) bond motifs is 2. The second-order valence-electron chi connectivity index (χ2n) is 12.3. The molecule has 0 radical (unpaired) electrons. The van der Waals surface area contributed by atoms with Crippen molar-refractivity contribution in [3.8, 4) is 23.0 Å². The Labute approximate surface area is 304 Å². The number of para-hydroxylation sites is 2. The minimum atomic E-state index is -4.67. The van der Waals surface area contributed by atoms with E-state index < -0.39 is 34.6 Å². The van der Waals surface area contributed by atoms with Crippen LogP contribution in [0.3, 0.4) is 0 Å². The Bertz CT molecular complexity index is 1830. The highest BCUT2D eigenvalue weighted by molar-refractivity contribution is 7.79. The van der Waals surface area contributed by atoms with Crippen molar-refractivity contribution in [2.75, 3.05) is 26.2 Å². The maximum Gasteiger partial charge on any atom is 0.394 e. The summed E-state index contributed by atoms with van der Waals surface area (Å²) in [7, 11) is -4.67. The van der Waals surface area contributed by atoms with Crippen molar-refractivity contribution >= 4 is 33.6 Å². The molecule has 2 saturated heterocycles. The third-order valence-corrected chi connectivity index (χ3v) is 9.40. The summed E-state index contributed by atoms with van der Waals surface area (Å²) in [6, 6.07) is 20.9. The van der Waals surface area contributed by atoms with E-state index in [9.17, 15) is 8.78 Å². The molecule has 10 nitrogen and oxygen atoms in total. The molecule has 4 heterocycles. The third-order valence-electron chi connectivity index (χ3n) is 8.93. The second-order valence-corrected chi connectivity index (χ2v) is 14.1. The molecule has 15 heteroatoms. The molecular formula is C36H36Cl2F2N2O8S. The van der Waals surface area contributed by atoms with Crippen LogP contribution in [0.2, 0.25) is 10.0 Å². The predicted molar refractivity (Wildman–Crippen MR) is 188 cm³/mol. The summed E-state index contributed by atoms with van der Waals surface area (Å²) in [4.78, 5) is 0. The van der Waals surface area contributed by atoms with Crippen molar-refractivity contribution in [1.29, 1.82) is 0 Å². The molecule has 4 aliphatic heterocycles. The molecule has 0 aliphatic carbocycles. The molecule has 0 bridgehead atoms. The Hall–Kier alpha value is -3.69. The molecule has 0 aromatic heterocycles. The zero-order chi connectivity index (χ0) is 36.1. The van der Waals surface area contributed by atoms with Crippen LogP contribution in [0.5, 0.6) is 23.0 Å². The van der Waals surface area contributed by atoms with Crippen molar-refractivity contribution in [2.45, 2.75) is 50.1 Å². The molecule has 0 amide bonds. The van der Waals surface area contributed by atoms with Gasteiger partial charge >= 0.3 is 10.4 Å². The van der Waals surface area contributed by atoms with Crippen molar-refractivity contribution in [2.24, 2.45) is 0 Å². The van der Waals surface area contributed by atoms with E-state index in [1.54, 1.807) is 24.3 Å². The lowest BCUT2D eigenvalue weighted by atomic mass is 9.89. The Kier molecular flexibility index (Phi) is 11.9. The van der Waals surface area contributed by atoms with Crippen molar-refractivity contribution < 1.29 is 45.3 Å². The second kappa shape index (κ2) is 16.3. The van der Waals surface area contributed by atoms with E-state index in [1.165, 1.54) is 12.1 Å². The molecule has 0 saturated carbocycles. The molecule has 2 fully saturated rings. The van der Waals surface area contributed by atoms with Crippen LogP contribution in [-0.4, -0.2) is 43.7 Å².